The number of morpholine rings is 1. The molecule has 0 spiro atoms. The molecule has 0 amide bonds. The third-order valence-electron chi connectivity index (χ3n) is 2.38. The Balaban J connectivity index is 1.81. The standard InChI is InChI=1S/C9H16N2O2/c1-9(7-13-8-9)6-10-11-2-4-12-5-3-11/h6H,2-5,7-8H2,1H3/b10-6+. The second kappa shape index (κ2) is 3.64. The van der Waals surface area contributed by atoms with E-state index in [1.807, 2.05) is 6.21 Å². The van der Waals surface area contributed by atoms with E-state index in [0.717, 1.165) is 39.5 Å². The Bertz CT molecular complexity index is 196. The van der Waals surface area contributed by atoms with Crippen LogP contribution in [-0.2, 0) is 9.47 Å². The van der Waals surface area contributed by atoms with Crippen molar-refractivity contribution in [3.8, 4) is 0 Å². The van der Waals surface area contributed by atoms with Crippen LogP contribution in [0.3, 0.4) is 0 Å². The first-order valence-corrected chi connectivity index (χ1v) is 4.74. The molecule has 0 aliphatic carbocycles. The van der Waals surface area contributed by atoms with Gasteiger partial charge in [-0.2, -0.15) is 5.10 Å². The Morgan fingerprint density at radius 1 is 1.23 bits per heavy atom. The van der Waals surface area contributed by atoms with Gasteiger partial charge >= 0.3 is 0 Å². The lowest BCUT2D eigenvalue weighted by Crippen LogP contribution is -2.42. The molecule has 0 aromatic rings. The van der Waals surface area contributed by atoms with Crippen LogP contribution in [0, 0.1) is 5.41 Å². The molecule has 2 saturated heterocycles. The fraction of sp³-hybridized carbons (Fsp3) is 0.889. The van der Waals surface area contributed by atoms with E-state index in [4.69, 9.17) is 9.47 Å². The molecule has 4 heteroatoms. The first-order chi connectivity index (χ1) is 6.29. The minimum atomic E-state index is 0.179. The quantitative estimate of drug-likeness (QED) is 0.580. The van der Waals surface area contributed by atoms with Crippen LogP contribution in [0.2, 0.25) is 0 Å². The van der Waals surface area contributed by atoms with Crippen LogP contribution in [0.4, 0.5) is 0 Å². The molecule has 0 bridgehead atoms. The molecule has 2 fully saturated rings. The van der Waals surface area contributed by atoms with E-state index in [2.05, 4.69) is 17.0 Å². The topological polar surface area (TPSA) is 34.1 Å². The van der Waals surface area contributed by atoms with Gasteiger partial charge < -0.3 is 9.47 Å². The van der Waals surface area contributed by atoms with Crippen LogP contribution in [0.15, 0.2) is 5.10 Å². The van der Waals surface area contributed by atoms with E-state index in [1.165, 1.54) is 0 Å². The van der Waals surface area contributed by atoms with Crippen molar-refractivity contribution < 1.29 is 9.47 Å². The Morgan fingerprint density at radius 2 is 1.92 bits per heavy atom. The summed E-state index contributed by atoms with van der Waals surface area (Å²) in [4.78, 5) is 0. The lowest BCUT2D eigenvalue weighted by Gasteiger charge is -2.35. The average molecular weight is 184 g/mol. The summed E-state index contributed by atoms with van der Waals surface area (Å²) in [6, 6.07) is 0. The van der Waals surface area contributed by atoms with Gasteiger partial charge in [-0.1, -0.05) is 6.92 Å². The lowest BCUT2D eigenvalue weighted by atomic mass is 9.91. The minimum absolute atomic E-state index is 0.179. The molecule has 0 radical (unpaired) electrons. The van der Waals surface area contributed by atoms with Gasteiger partial charge in [-0.05, 0) is 0 Å². The van der Waals surface area contributed by atoms with Crippen LogP contribution >= 0.6 is 0 Å². The molecule has 2 rings (SSSR count). The summed E-state index contributed by atoms with van der Waals surface area (Å²) in [7, 11) is 0. The zero-order valence-electron chi connectivity index (χ0n) is 8.03. The highest BCUT2D eigenvalue weighted by Gasteiger charge is 2.31. The van der Waals surface area contributed by atoms with Gasteiger partial charge in [-0.3, -0.25) is 5.01 Å². The number of hydrazone groups is 1. The van der Waals surface area contributed by atoms with Crippen LogP contribution in [-0.4, -0.2) is 50.7 Å². The van der Waals surface area contributed by atoms with Crippen molar-refractivity contribution in [2.75, 3.05) is 39.5 Å². The Morgan fingerprint density at radius 3 is 2.46 bits per heavy atom. The second-order valence-corrected chi connectivity index (χ2v) is 3.96. The predicted molar refractivity (Wildman–Crippen MR) is 49.8 cm³/mol. The monoisotopic (exact) mass is 184 g/mol. The van der Waals surface area contributed by atoms with Gasteiger partial charge in [0.2, 0.25) is 0 Å². The number of ether oxygens (including phenoxy) is 2. The number of nitrogens with zero attached hydrogens (tertiary/aromatic N) is 2. The van der Waals surface area contributed by atoms with Crippen molar-refractivity contribution in [3.05, 3.63) is 0 Å². The molecule has 74 valence electrons. The summed E-state index contributed by atoms with van der Waals surface area (Å²) < 4.78 is 10.4. The van der Waals surface area contributed by atoms with Crippen LogP contribution in [0.5, 0.6) is 0 Å². The van der Waals surface area contributed by atoms with Gasteiger partial charge in [0.05, 0.1) is 44.9 Å². The highest BCUT2D eigenvalue weighted by Crippen LogP contribution is 2.23. The van der Waals surface area contributed by atoms with Crippen LogP contribution in [0.1, 0.15) is 6.92 Å². The van der Waals surface area contributed by atoms with E-state index in [-0.39, 0.29) is 5.41 Å². The molecule has 0 aromatic carbocycles. The third kappa shape index (κ3) is 2.19. The van der Waals surface area contributed by atoms with Crippen molar-refractivity contribution in [2.45, 2.75) is 6.92 Å². The first kappa shape index (κ1) is 8.97. The largest absolute Gasteiger partial charge is 0.379 e. The molecule has 0 N–H and O–H groups in total. The normalized spacial score (nSPS) is 27.6. The van der Waals surface area contributed by atoms with Crippen molar-refractivity contribution >= 4 is 6.21 Å². The highest BCUT2D eigenvalue weighted by molar-refractivity contribution is 5.66. The molecule has 2 heterocycles. The average Bonchev–Trinajstić information content (AvgIpc) is 2.13. The summed E-state index contributed by atoms with van der Waals surface area (Å²) in [5, 5.41) is 6.49. The summed E-state index contributed by atoms with van der Waals surface area (Å²) in [5.74, 6) is 0. The zero-order chi connectivity index (χ0) is 9.15. The van der Waals surface area contributed by atoms with E-state index in [9.17, 15) is 0 Å². The zero-order valence-corrected chi connectivity index (χ0v) is 8.03. The minimum Gasteiger partial charge on any atom is -0.379 e. The fourth-order valence-electron chi connectivity index (χ4n) is 1.39. The molecule has 0 saturated carbocycles. The van der Waals surface area contributed by atoms with E-state index < -0.39 is 0 Å². The smallest absolute Gasteiger partial charge is 0.0659 e. The Hall–Kier alpha value is -0.610. The third-order valence-corrected chi connectivity index (χ3v) is 2.38. The van der Waals surface area contributed by atoms with Crippen molar-refractivity contribution in [1.29, 1.82) is 0 Å². The van der Waals surface area contributed by atoms with Gasteiger partial charge in [-0.25, -0.2) is 0 Å². The van der Waals surface area contributed by atoms with Gasteiger partial charge in [0.1, 0.15) is 0 Å². The van der Waals surface area contributed by atoms with Gasteiger partial charge in [0.15, 0.2) is 0 Å². The number of rotatable bonds is 2. The van der Waals surface area contributed by atoms with E-state index in [0.29, 0.717) is 0 Å². The summed E-state index contributed by atoms with van der Waals surface area (Å²) in [6.07, 6.45) is 2.02. The van der Waals surface area contributed by atoms with E-state index >= 15 is 0 Å². The molecule has 2 aliphatic heterocycles. The van der Waals surface area contributed by atoms with Crippen molar-refractivity contribution in [3.63, 3.8) is 0 Å². The van der Waals surface area contributed by atoms with E-state index in [1.54, 1.807) is 0 Å². The van der Waals surface area contributed by atoms with Crippen molar-refractivity contribution in [2.24, 2.45) is 10.5 Å². The van der Waals surface area contributed by atoms with Gasteiger partial charge in [0, 0.05) is 6.21 Å². The Labute approximate surface area is 78.5 Å². The molecule has 2 aliphatic rings. The van der Waals surface area contributed by atoms with Gasteiger partial charge in [-0.15, -0.1) is 0 Å². The fourth-order valence-corrected chi connectivity index (χ4v) is 1.39. The Kier molecular flexibility index (Phi) is 2.51. The molecule has 13 heavy (non-hydrogen) atoms. The van der Waals surface area contributed by atoms with Crippen LogP contribution in [0.25, 0.3) is 0 Å². The molecule has 4 nitrogen and oxygen atoms in total. The molecule has 0 unspecified atom stereocenters. The maximum Gasteiger partial charge on any atom is 0.0659 e. The molecular weight excluding hydrogens is 168 g/mol. The maximum absolute atomic E-state index is 5.23. The number of hydrogen-bond acceptors (Lipinski definition) is 4. The van der Waals surface area contributed by atoms with Crippen LogP contribution < -0.4 is 0 Å². The molecule has 0 atom stereocenters. The molecule has 0 aromatic heterocycles. The maximum atomic E-state index is 5.23. The highest BCUT2D eigenvalue weighted by atomic mass is 16.5. The second-order valence-electron chi connectivity index (χ2n) is 3.96. The van der Waals surface area contributed by atoms with Crippen molar-refractivity contribution in [1.82, 2.24) is 5.01 Å². The number of hydrogen-bond donors (Lipinski definition) is 0. The SMILES string of the molecule is CC1(/C=N/N2CCOCC2)COC1. The summed E-state index contributed by atoms with van der Waals surface area (Å²) in [6.45, 7) is 7.19. The van der Waals surface area contributed by atoms with Gasteiger partial charge in [0.25, 0.3) is 0 Å². The summed E-state index contributed by atoms with van der Waals surface area (Å²) in [5.41, 5.74) is 0.179. The molecular formula is C9H16N2O2. The summed E-state index contributed by atoms with van der Waals surface area (Å²) >= 11 is 0. The lowest BCUT2D eigenvalue weighted by molar-refractivity contribution is -0.0567. The first-order valence-electron chi connectivity index (χ1n) is 4.74. The predicted octanol–water partition coefficient (Wildman–Crippen LogP) is 0.341.